The number of fused-ring (bicyclic) bond motifs is 4. The van der Waals surface area contributed by atoms with Crippen molar-refractivity contribution in [1.82, 2.24) is 100 Å². The summed E-state index contributed by atoms with van der Waals surface area (Å²) in [4.78, 5) is 81.6. The van der Waals surface area contributed by atoms with E-state index in [1.807, 2.05) is 118 Å². The molecular weight excluding hydrogens is 1790 g/mol. The second-order valence-electron chi connectivity index (χ2n) is 32.8. The number of ether oxygens (including phenoxy) is 1. The molecule has 133 heavy (non-hydrogen) atoms. The molecule has 9 aromatic heterocycles. The molecule has 6 fully saturated rings. The summed E-state index contributed by atoms with van der Waals surface area (Å²) in [7, 11) is 0. The smallest absolute Gasteiger partial charge is 0.410 e. The normalized spacial score (nSPS) is 17.0. The van der Waals surface area contributed by atoms with Crippen molar-refractivity contribution in [3.8, 4) is 0 Å². The van der Waals surface area contributed by atoms with Crippen LogP contribution in [0.2, 0.25) is 20.1 Å². The van der Waals surface area contributed by atoms with Gasteiger partial charge in [0.05, 0.1) is 31.0 Å². The molecule has 0 radical (unpaired) electrons. The molecule has 4 aromatic carbocycles. The van der Waals surface area contributed by atoms with Gasteiger partial charge in [0.2, 0.25) is 0 Å². The van der Waals surface area contributed by atoms with Crippen LogP contribution in [0.3, 0.4) is 0 Å². The molecule has 13 aromatic rings. The summed E-state index contributed by atoms with van der Waals surface area (Å²) >= 11 is 24.4. The van der Waals surface area contributed by atoms with E-state index in [9.17, 15) is 37.1 Å². The van der Waals surface area contributed by atoms with Gasteiger partial charge in [-0.1, -0.05) is 97.0 Å². The molecule has 6 aliphatic rings. The lowest BCUT2D eigenvalue weighted by Gasteiger charge is -2.33. The number of amides is 5. The van der Waals surface area contributed by atoms with Crippen LogP contribution in [-0.2, 0) is 23.9 Å². The number of benzene rings is 4. The van der Waals surface area contributed by atoms with Gasteiger partial charge in [-0.25, -0.2) is 24.7 Å². The van der Waals surface area contributed by atoms with Gasteiger partial charge >= 0.3 is 12.3 Å². The lowest BCUT2D eigenvalue weighted by atomic mass is 9.97. The molecule has 15 heterocycles. The Morgan fingerprint density at radius 1 is 0.481 bits per heavy atom. The van der Waals surface area contributed by atoms with E-state index in [1.54, 1.807) is 91.8 Å². The number of hydrogen-bond donors (Lipinski definition) is 14. The second kappa shape index (κ2) is 39.7. The van der Waals surface area contributed by atoms with Crippen molar-refractivity contribution >= 4 is 198 Å². The van der Waals surface area contributed by atoms with Crippen LogP contribution in [0, 0.1) is 5.92 Å². The molecule has 5 amide bonds. The topological polar surface area (TPSA) is 404 Å². The highest BCUT2D eigenvalue weighted by Crippen LogP contribution is 2.35. The molecule has 682 valence electrons. The Balaban J connectivity index is 0.000000130. The van der Waals surface area contributed by atoms with Crippen LogP contribution in [-0.4, -0.2) is 160 Å². The number of alkyl halides is 3. The average Bonchev–Trinajstić information content (AvgIpc) is 1.66. The van der Waals surface area contributed by atoms with E-state index in [2.05, 4.69) is 131 Å². The van der Waals surface area contributed by atoms with Crippen molar-refractivity contribution in [3.05, 3.63) is 272 Å². The molecule has 0 bridgehead atoms. The summed E-state index contributed by atoms with van der Waals surface area (Å²) in [6.45, 7) is 23.5. The van der Waals surface area contributed by atoms with Gasteiger partial charge in [-0.3, -0.25) is 24.3 Å². The quantitative estimate of drug-likeness (QED) is 0.0297. The molecule has 0 saturated carbocycles. The molecule has 6 aliphatic heterocycles. The number of aromatic amines is 1. The van der Waals surface area contributed by atoms with Gasteiger partial charge in [0, 0.05) is 198 Å². The SMILES string of the molecule is C=C1C/C(=C\c2cnn3c(NC4CCNC4)cc(Nc4cccc(Cl)c4)nc23)C(=O)N1.C=C1C/C(=C\c2cnn3c(NCC(F)(F)F)cc(Nc4cccc(Cl)c4)nc23)C(=O)N1.C=C1C/C(=C\c2cnn3c(NCC4CCN(C(=O)OC(C)(C)C)CC4)cc(Nc4cccc(Cl)c4)nc23)C(=O)N1.C=C1C/C(=C\c2cnn3c(Nc4ccn[nH]4)cc(Nc4cccc(Cl)c4)nc23)C(=O)N1. The molecule has 0 aliphatic carbocycles. The molecule has 0 spiro atoms. The first-order valence-electron chi connectivity index (χ1n) is 42.0. The van der Waals surface area contributed by atoms with Crippen LogP contribution < -0.4 is 69.1 Å². The first-order chi connectivity index (χ1) is 63.8. The van der Waals surface area contributed by atoms with Crippen LogP contribution in [0.1, 0.15) is 88.0 Å². The zero-order chi connectivity index (χ0) is 93.4. The van der Waals surface area contributed by atoms with Crippen molar-refractivity contribution < 1.29 is 41.9 Å². The number of anilines is 13. The summed E-state index contributed by atoms with van der Waals surface area (Å²) in [5.41, 5.74) is 12.2. The highest BCUT2D eigenvalue weighted by Gasteiger charge is 2.32. The Morgan fingerprint density at radius 2 is 0.842 bits per heavy atom. The largest absolute Gasteiger partial charge is 0.444 e. The van der Waals surface area contributed by atoms with Crippen LogP contribution in [0.25, 0.3) is 46.9 Å². The zero-order valence-corrected chi connectivity index (χ0v) is 74.9. The third-order valence-electron chi connectivity index (χ3n) is 21.1. The van der Waals surface area contributed by atoms with Crippen molar-refractivity contribution in [1.29, 1.82) is 0 Å². The maximum atomic E-state index is 12.8. The van der Waals surface area contributed by atoms with Crippen LogP contribution in [0.5, 0.6) is 0 Å². The Bertz CT molecular complexity index is 6870. The van der Waals surface area contributed by atoms with Crippen molar-refractivity contribution in [2.45, 2.75) is 83.5 Å². The maximum Gasteiger partial charge on any atom is 0.410 e. The number of aromatic nitrogens is 14. The van der Waals surface area contributed by atoms with Gasteiger partial charge in [-0.05, 0) is 150 Å². The van der Waals surface area contributed by atoms with Gasteiger partial charge in [0.25, 0.3) is 23.6 Å². The number of piperidine rings is 1. The fourth-order valence-electron chi connectivity index (χ4n) is 15.0. The number of likely N-dealkylation sites (tertiary alicyclic amines) is 1. The number of H-pyrrole nitrogens is 1. The fraction of sp³-hybridized carbons (Fsp3) is 0.217. The summed E-state index contributed by atoms with van der Waals surface area (Å²) < 4.78 is 50.3. The minimum atomic E-state index is -4.42. The highest BCUT2D eigenvalue weighted by atomic mass is 35.5. The number of nitrogens with one attached hydrogen (secondary N) is 14. The number of rotatable bonds is 21. The van der Waals surface area contributed by atoms with E-state index in [0.29, 0.717) is 185 Å². The van der Waals surface area contributed by atoms with Crippen molar-refractivity contribution in [2.75, 3.05) is 81.8 Å². The minimum absolute atomic E-state index is 0.0804. The van der Waals surface area contributed by atoms with Gasteiger partial charge in [0.1, 0.15) is 64.5 Å². The Hall–Kier alpha value is -15.1. The molecule has 1 unspecified atom stereocenters. The van der Waals surface area contributed by atoms with E-state index in [1.165, 1.54) is 16.8 Å². The van der Waals surface area contributed by atoms with Gasteiger partial charge in [0.15, 0.2) is 22.6 Å². The maximum absolute atomic E-state index is 12.8. The number of halogens is 7. The first-order valence-corrected chi connectivity index (χ1v) is 43.5. The molecule has 6 saturated heterocycles. The molecular formula is C92H89Cl4F3N28O6. The lowest BCUT2D eigenvalue weighted by molar-refractivity contribution is -0.116. The third-order valence-corrected chi connectivity index (χ3v) is 22.1. The monoisotopic (exact) mass is 1880 g/mol. The van der Waals surface area contributed by atoms with Crippen LogP contribution in [0.15, 0.2) is 230 Å². The molecule has 19 rings (SSSR count). The summed E-state index contributed by atoms with van der Waals surface area (Å²) in [6, 6.07) is 38.3. The van der Waals surface area contributed by atoms with E-state index in [-0.39, 0.29) is 47.0 Å². The predicted octanol–water partition coefficient (Wildman–Crippen LogP) is 17.4. The molecule has 14 N–H and O–H groups in total. The summed E-state index contributed by atoms with van der Waals surface area (Å²) in [6.07, 6.45) is 15.1. The number of nitrogens with zero attached hydrogens (tertiary/aromatic N) is 14. The van der Waals surface area contributed by atoms with Crippen molar-refractivity contribution in [2.24, 2.45) is 5.92 Å². The first kappa shape index (κ1) is 91.3. The number of carbonyl (C=O) groups excluding carboxylic acids is 5. The average molecular weight is 1880 g/mol. The number of hydrogen-bond acceptors (Lipinski definition) is 24. The van der Waals surface area contributed by atoms with E-state index in [0.717, 1.165) is 72.2 Å². The third kappa shape index (κ3) is 23.4. The fourth-order valence-corrected chi connectivity index (χ4v) is 15.8. The Labute approximate surface area is 778 Å². The standard InChI is InChI=1S/C29H34ClN7O3.C22H22ClN7O.C21H17ClN8O.C20H16ClF3N6O/c1-18-12-20(27(38)33-18)13-21-17-32-37-25(15-24(35-26(21)37)34-23-7-5-6-22(30)14-23)31-16-19-8-10-36(11-9-19)28(39)40-29(2,3)4;1-13-7-14(22(31)26-13)8-15-11-25-30-20(28-18-5-6-24-12-18)10-19(29-21(15)30)27-17-4-2-3-16(23)9-17;1-12-7-13(21(31)25-12)8-14-11-24-30-19(27-17-5-6-23-29-17)10-18(28-20(14)30)26-16-4-2-3-15(22)9-16;1-11-5-12(19(31)27-11)6-13-9-26-30-17(25-10-20(22,23)24)8-16(29-18(13)30)28-15-4-2-3-14(21)7-15/h5-7,13-15,17,19,31H,1,8-12,16H2,2-4H3,(H,33,38)(H,34,35);2-4,8-11,18,24,28H,1,5-7,12H2,(H,26,31)(H,27,29);2-6,8-11H,1,7H2,(H,25,31)(H,26,28)(H2,23,27,29);2-4,6-9,25H,1,5,10H2,(H,27,31)(H,28,29)/b20-13+;14-8+;13-8+;12-6+. The Kier molecular flexibility index (Phi) is 27.3. The molecule has 1 atom stereocenters. The van der Waals surface area contributed by atoms with E-state index < -0.39 is 18.3 Å². The Morgan fingerprint density at radius 3 is 1.17 bits per heavy atom. The summed E-state index contributed by atoms with van der Waals surface area (Å²) in [5, 5.41) is 66.7. The predicted molar refractivity (Wildman–Crippen MR) is 511 cm³/mol. The van der Waals surface area contributed by atoms with Crippen LogP contribution in [0.4, 0.5) is 93.1 Å². The lowest BCUT2D eigenvalue weighted by Crippen LogP contribution is -2.42. The second-order valence-corrected chi connectivity index (χ2v) is 34.5. The van der Waals surface area contributed by atoms with Crippen LogP contribution >= 0.6 is 46.4 Å². The zero-order valence-electron chi connectivity index (χ0n) is 71.9. The molecule has 34 nitrogen and oxygen atoms in total. The van der Waals surface area contributed by atoms with Crippen molar-refractivity contribution in [3.63, 3.8) is 0 Å². The molecule has 41 heteroatoms. The van der Waals surface area contributed by atoms with E-state index >= 15 is 0 Å². The number of carbonyl (C=O) groups is 5. The van der Waals surface area contributed by atoms with E-state index in [4.69, 9.17) is 66.1 Å². The van der Waals surface area contributed by atoms with Gasteiger partial charge in [-0.15, -0.1) is 0 Å². The van der Waals surface area contributed by atoms with Gasteiger partial charge in [-0.2, -0.15) is 56.7 Å². The minimum Gasteiger partial charge on any atom is -0.444 e. The highest BCUT2D eigenvalue weighted by molar-refractivity contribution is 6.32. The summed E-state index contributed by atoms with van der Waals surface area (Å²) in [5.74, 6) is 4.78. The number of allylic oxidation sites excluding steroid dienone is 4. The van der Waals surface area contributed by atoms with Gasteiger partial charge < -0.3 is 78.8 Å².